The van der Waals surface area contributed by atoms with E-state index in [1.165, 1.54) is 0 Å². The zero-order valence-corrected chi connectivity index (χ0v) is 7.29. The Labute approximate surface area is 72.4 Å². The molecular weight excluding hydrogens is 154 g/mol. The van der Waals surface area contributed by atoms with Gasteiger partial charge in [-0.25, -0.2) is 0 Å². The van der Waals surface area contributed by atoms with Gasteiger partial charge < -0.3 is 14.8 Å². The Bertz CT molecular complexity index is 196. The van der Waals surface area contributed by atoms with Crippen LogP contribution >= 0.6 is 0 Å². The molecular formula is C9H15NO2. The Kier molecular flexibility index (Phi) is 3.84. The molecule has 0 aromatic carbocycles. The average molecular weight is 169 g/mol. The smallest absolute Gasteiger partial charge is 0.104 e. The van der Waals surface area contributed by atoms with Crippen molar-refractivity contribution in [2.45, 2.75) is 6.42 Å². The number of hydrogen-bond donors (Lipinski definition) is 2. The minimum Gasteiger partial charge on any atom is -0.469 e. The summed E-state index contributed by atoms with van der Waals surface area (Å²) in [6.45, 7) is 1.01. The maximum absolute atomic E-state index is 8.97. The lowest BCUT2D eigenvalue weighted by Crippen LogP contribution is -2.23. The molecule has 0 aliphatic carbocycles. The van der Waals surface area contributed by atoms with Crippen molar-refractivity contribution in [1.29, 1.82) is 0 Å². The van der Waals surface area contributed by atoms with E-state index in [1.54, 1.807) is 6.26 Å². The summed E-state index contributed by atoms with van der Waals surface area (Å²) in [5.41, 5.74) is 0. The molecule has 0 saturated heterocycles. The third kappa shape index (κ3) is 2.68. The van der Waals surface area contributed by atoms with E-state index >= 15 is 0 Å². The van der Waals surface area contributed by atoms with Gasteiger partial charge in [-0.05, 0) is 19.2 Å². The van der Waals surface area contributed by atoms with Crippen molar-refractivity contribution in [2.75, 3.05) is 20.2 Å². The molecule has 2 N–H and O–H groups in total. The molecule has 68 valence electrons. The summed E-state index contributed by atoms with van der Waals surface area (Å²) in [6, 6.07) is 3.79. The first-order valence-electron chi connectivity index (χ1n) is 4.14. The summed E-state index contributed by atoms with van der Waals surface area (Å²) in [7, 11) is 1.88. The van der Waals surface area contributed by atoms with E-state index in [2.05, 4.69) is 5.32 Å². The lowest BCUT2D eigenvalue weighted by Gasteiger charge is -2.10. The molecule has 1 heterocycles. The second-order valence-corrected chi connectivity index (χ2v) is 2.89. The highest BCUT2D eigenvalue weighted by molar-refractivity contribution is 4.99. The van der Waals surface area contributed by atoms with Gasteiger partial charge in [0.15, 0.2) is 0 Å². The van der Waals surface area contributed by atoms with Crippen LogP contribution in [0.25, 0.3) is 0 Å². The summed E-state index contributed by atoms with van der Waals surface area (Å²) < 4.78 is 5.17. The van der Waals surface area contributed by atoms with E-state index in [0.29, 0.717) is 0 Å². The first-order valence-corrected chi connectivity index (χ1v) is 4.14. The van der Waals surface area contributed by atoms with Gasteiger partial charge in [0.25, 0.3) is 0 Å². The highest BCUT2D eigenvalue weighted by Gasteiger charge is 2.08. The average Bonchev–Trinajstić information content (AvgIpc) is 2.56. The second kappa shape index (κ2) is 4.95. The molecule has 1 unspecified atom stereocenters. The number of aliphatic hydroxyl groups is 1. The summed E-state index contributed by atoms with van der Waals surface area (Å²) in [6.07, 6.45) is 2.45. The monoisotopic (exact) mass is 169 g/mol. The number of rotatable bonds is 5. The van der Waals surface area contributed by atoms with Crippen LogP contribution in [-0.2, 0) is 6.42 Å². The standard InChI is InChI=1S/C9H15NO2/c1-10-6-8(7-11)5-9-3-2-4-12-9/h2-4,8,10-11H,5-7H2,1H3. The molecule has 0 aliphatic rings. The highest BCUT2D eigenvalue weighted by Crippen LogP contribution is 2.07. The van der Waals surface area contributed by atoms with Gasteiger partial charge in [0.1, 0.15) is 5.76 Å². The fraction of sp³-hybridized carbons (Fsp3) is 0.556. The van der Waals surface area contributed by atoms with Crippen molar-refractivity contribution >= 4 is 0 Å². The molecule has 1 atom stereocenters. The van der Waals surface area contributed by atoms with Crippen LogP contribution in [0.15, 0.2) is 22.8 Å². The second-order valence-electron chi connectivity index (χ2n) is 2.89. The van der Waals surface area contributed by atoms with Crippen molar-refractivity contribution in [3.05, 3.63) is 24.2 Å². The van der Waals surface area contributed by atoms with E-state index in [9.17, 15) is 0 Å². The van der Waals surface area contributed by atoms with Gasteiger partial charge in [-0.1, -0.05) is 0 Å². The van der Waals surface area contributed by atoms with Gasteiger partial charge in [-0.15, -0.1) is 0 Å². The van der Waals surface area contributed by atoms with Gasteiger partial charge in [-0.3, -0.25) is 0 Å². The van der Waals surface area contributed by atoms with Crippen LogP contribution in [0.1, 0.15) is 5.76 Å². The topological polar surface area (TPSA) is 45.4 Å². The third-order valence-corrected chi connectivity index (χ3v) is 1.82. The minimum absolute atomic E-state index is 0.196. The number of furan rings is 1. The van der Waals surface area contributed by atoms with Crippen molar-refractivity contribution < 1.29 is 9.52 Å². The molecule has 12 heavy (non-hydrogen) atoms. The normalized spacial score (nSPS) is 13.2. The molecule has 3 heteroatoms. The predicted molar refractivity (Wildman–Crippen MR) is 46.9 cm³/mol. The van der Waals surface area contributed by atoms with E-state index in [0.717, 1.165) is 18.7 Å². The van der Waals surface area contributed by atoms with Crippen LogP contribution in [-0.4, -0.2) is 25.3 Å². The highest BCUT2D eigenvalue weighted by atomic mass is 16.3. The number of nitrogens with one attached hydrogen (secondary N) is 1. The van der Waals surface area contributed by atoms with Crippen LogP contribution in [0.5, 0.6) is 0 Å². The molecule has 0 bridgehead atoms. The minimum atomic E-state index is 0.196. The zero-order chi connectivity index (χ0) is 8.81. The molecule has 1 aromatic heterocycles. The lowest BCUT2D eigenvalue weighted by atomic mass is 10.1. The quantitative estimate of drug-likeness (QED) is 0.680. The fourth-order valence-electron chi connectivity index (χ4n) is 1.20. The van der Waals surface area contributed by atoms with E-state index < -0.39 is 0 Å². The Hall–Kier alpha value is -0.800. The Morgan fingerprint density at radius 2 is 2.50 bits per heavy atom. The van der Waals surface area contributed by atoms with Crippen LogP contribution in [0.2, 0.25) is 0 Å². The number of aliphatic hydroxyl groups excluding tert-OH is 1. The summed E-state index contributed by atoms with van der Waals surface area (Å²) in [5, 5.41) is 12.0. The van der Waals surface area contributed by atoms with Gasteiger partial charge in [0.2, 0.25) is 0 Å². The maximum atomic E-state index is 8.97. The largest absolute Gasteiger partial charge is 0.469 e. The SMILES string of the molecule is CNCC(CO)Cc1ccco1. The predicted octanol–water partition coefficient (Wildman–Crippen LogP) is 0.650. The lowest BCUT2D eigenvalue weighted by molar-refractivity contribution is 0.218. The molecule has 0 radical (unpaired) electrons. The Morgan fingerprint density at radius 1 is 1.67 bits per heavy atom. The summed E-state index contributed by atoms with van der Waals surface area (Å²) >= 11 is 0. The van der Waals surface area contributed by atoms with Crippen LogP contribution in [0.3, 0.4) is 0 Å². The molecule has 0 spiro atoms. The first kappa shape index (κ1) is 9.29. The summed E-state index contributed by atoms with van der Waals surface area (Å²) in [5.74, 6) is 1.19. The van der Waals surface area contributed by atoms with Crippen molar-refractivity contribution in [3.63, 3.8) is 0 Å². The molecule has 1 aromatic rings. The fourth-order valence-corrected chi connectivity index (χ4v) is 1.20. The van der Waals surface area contributed by atoms with Crippen LogP contribution < -0.4 is 5.32 Å². The van der Waals surface area contributed by atoms with E-state index in [-0.39, 0.29) is 12.5 Å². The first-order chi connectivity index (χ1) is 5.86. The Morgan fingerprint density at radius 3 is 3.00 bits per heavy atom. The van der Waals surface area contributed by atoms with Gasteiger partial charge in [0.05, 0.1) is 6.26 Å². The van der Waals surface area contributed by atoms with Crippen molar-refractivity contribution in [3.8, 4) is 0 Å². The number of hydrogen-bond acceptors (Lipinski definition) is 3. The third-order valence-electron chi connectivity index (χ3n) is 1.82. The Balaban J connectivity index is 2.37. The van der Waals surface area contributed by atoms with Gasteiger partial charge >= 0.3 is 0 Å². The molecule has 0 aliphatic heterocycles. The zero-order valence-electron chi connectivity index (χ0n) is 7.29. The van der Waals surface area contributed by atoms with Crippen LogP contribution in [0, 0.1) is 5.92 Å². The molecule has 1 rings (SSSR count). The molecule has 0 saturated carbocycles. The van der Waals surface area contributed by atoms with Gasteiger partial charge in [0, 0.05) is 25.5 Å². The molecule has 3 nitrogen and oxygen atoms in total. The summed E-state index contributed by atoms with van der Waals surface area (Å²) in [4.78, 5) is 0. The van der Waals surface area contributed by atoms with Gasteiger partial charge in [-0.2, -0.15) is 0 Å². The van der Waals surface area contributed by atoms with Crippen molar-refractivity contribution in [1.82, 2.24) is 5.32 Å². The molecule has 0 fully saturated rings. The molecule has 0 amide bonds. The maximum Gasteiger partial charge on any atom is 0.104 e. The van der Waals surface area contributed by atoms with Crippen LogP contribution in [0.4, 0.5) is 0 Å². The van der Waals surface area contributed by atoms with E-state index in [1.807, 2.05) is 19.2 Å². The van der Waals surface area contributed by atoms with E-state index in [4.69, 9.17) is 9.52 Å². The van der Waals surface area contributed by atoms with Crippen molar-refractivity contribution in [2.24, 2.45) is 5.92 Å².